The number of benzene rings is 2. The average molecular weight is 442 g/mol. The molecule has 1 amide bonds. The molecule has 32 heavy (non-hydrogen) atoms. The minimum atomic E-state index is -0.397. The molecule has 1 heterocycles. The maximum atomic E-state index is 13.0. The van der Waals surface area contributed by atoms with Gasteiger partial charge in [0.25, 0.3) is 0 Å². The predicted molar refractivity (Wildman–Crippen MR) is 121 cm³/mol. The van der Waals surface area contributed by atoms with E-state index in [4.69, 9.17) is 18.9 Å². The van der Waals surface area contributed by atoms with E-state index < -0.39 is 5.97 Å². The van der Waals surface area contributed by atoms with Gasteiger partial charge in [-0.25, -0.2) is 4.79 Å². The highest BCUT2D eigenvalue weighted by Gasteiger charge is 2.32. The third-order valence-electron chi connectivity index (χ3n) is 5.75. The van der Waals surface area contributed by atoms with E-state index in [1.54, 1.807) is 38.5 Å². The van der Waals surface area contributed by atoms with Crippen LogP contribution in [-0.2, 0) is 16.0 Å². The fourth-order valence-corrected chi connectivity index (χ4v) is 3.96. The summed E-state index contributed by atoms with van der Waals surface area (Å²) in [5.74, 6) is 1.65. The van der Waals surface area contributed by atoms with Gasteiger partial charge in [0, 0.05) is 13.0 Å². The van der Waals surface area contributed by atoms with Gasteiger partial charge in [0.2, 0.25) is 5.91 Å². The summed E-state index contributed by atoms with van der Waals surface area (Å²) in [5, 5.41) is 0. The molecular formula is C25H31NO6. The smallest absolute Gasteiger partial charge is 0.337 e. The van der Waals surface area contributed by atoms with Crippen molar-refractivity contribution in [2.45, 2.75) is 38.6 Å². The molecule has 0 aliphatic carbocycles. The molecule has 0 unspecified atom stereocenters. The summed E-state index contributed by atoms with van der Waals surface area (Å²) < 4.78 is 21.8. The molecule has 0 bridgehead atoms. The van der Waals surface area contributed by atoms with Crippen LogP contribution in [-0.4, -0.2) is 51.3 Å². The minimum Gasteiger partial charge on any atom is -0.493 e. The number of rotatable bonds is 9. The lowest BCUT2D eigenvalue weighted by molar-refractivity contribution is -0.135. The lowest BCUT2D eigenvalue weighted by Crippen LogP contribution is -2.42. The Morgan fingerprint density at radius 1 is 1.03 bits per heavy atom. The molecule has 2 aromatic carbocycles. The van der Waals surface area contributed by atoms with Crippen LogP contribution in [0.15, 0.2) is 36.4 Å². The summed E-state index contributed by atoms with van der Waals surface area (Å²) in [6.07, 6.45) is 3.09. The van der Waals surface area contributed by atoms with E-state index >= 15 is 0 Å². The highest BCUT2D eigenvalue weighted by atomic mass is 16.5. The quantitative estimate of drug-likeness (QED) is 0.544. The standard InChI is InChI=1S/C25H31NO6/c1-5-6-7-24(27)26-13-12-18-14-22(29-2)23(30-3)15-20(18)21(26)16-32-19-10-8-17(9-11-19)25(28)31-4/h8-11,14-15,21H,5-7,12-13,16H2,1-4H3/t21-/m1/s1. The SMILES string of the molecule is CCCCC(=O)N1CCc2cc(OC)c(OC)cc2[C@H]1COc1ccc(C(=O)OC)cc1. The third-order valence-corrected chi connectivity index (χ3v) is 5.75. The first kappa shape index (κ1) is 23.4. The maximum Gasteiger partial charge on any atom is 0.337 e. The van der Waals surface area contributed by atoms with E-state index in [1.807, 2.05) is 17.0 Å². The van der Waals surface area contributed by atoms with E-state index in [-0.39, 0.29) is 18.6 Å². The van der Waals surface area contributed by atoms with Crippen LogP contribution in [0.25, 0.3) is 0 Å². The Bertz CT molecular complexity index is 940. The molecule has 1 aliphatic heterocycles. The number of hydrogen-bond acceptors (Lipinski definition) is 6. The van der Waals surface area contributed by atoms with Crippen LogP contribution in [0.3, 0.4) is 0 Å². The van der Waals surface area contributed by atoms with Gasteiger partial charge >= 0.3 is 5.97 Å². The summed E-state index contributed by atoms with van der Waals surface area (Å²) in [6.45, 7) is 2.99. The Morgan fingerprint density at radius 2 is 1.72 bits per heavy atom. The fourth-order valence-electron chi connectivity index (χ4n) is 3.96. The molecule has 1 aliphatic rings. The van der Waals surface area contributed by atoms with E-state index in [0.717, 1.165) is 30.4 Å². The molecular weight excluding hydrogens is 410 g/mol. The van der Waals surface area contributed by atoms with Gasteiger partial charge in [0.15, 0.2) is 11.5 Å². The Labute approximate surface area is 189 Å². The molecule has 7 nitrogen and oxygen atoms in total. The van der Waals surface area contributed by atoms with Crippen LogP contribution in [0.4, 0.5) is 0 Å². The Hall–Kier alpha value is -3.22. The van der Waals surface area contributed by atoms with Gasteiger partial charge < -0.3 is 23.8 Å². The van der Waals surface area contributed by atoms with Crippen molar-refractivity contribution in [2.75, 3.05) is 34.5 Å². The number of fused-ring (bicyclic) bond motifs is 1. The van der Waals surface area contributed by atoms with Gasteiger partial charge in [0.1, 0.15) is 12.4 Å². The van der Waals surface area contributed by atoms with Crippen molar-refractivity contribution in [3.63, 3.8) is 0 Å². The van der Waals surface area contributed by atoms with Crippen molar-refractivity contribution in [3.8, 4) is 17.2 Å². The maximum absolute atomic E-state index is 13.0. The lowest BCUT2D eigenvalue weighted by atomic mass is 9.91. The molecule has 0 aromatic heterocycles. The van der Waals surface area contributed by atoms with Gasteiger partial charge in [-0.15, -0.1) is 0 Å². The monoisotopic (exact) mass is 441 g/mol. The number of ether oxygens (including phenoxy) is 4. The second kappa shape index (κ2) is 10.9. The van der Waals surface area contributed by atoms with Gasteiger partial charge in [0.05, 0.1) is 32.9 Å². The summed E-state index contributed by atoms with van der Waals surface area (Å²) in [6, 6.07) is 10.5. The van der Waals surface area contributed by atoms with Crippen molar-refractivity contribution in [1.29, 1.82) is 0 Å². The van der Waals surface area contributed by atoms with Gasteiger partial charge in [-0.05, 0) is 60.4 Å². The van der Waals surface area contributed by atoms with E-state index in [9.17, 15) is 9.59 Å². The first-order valence-corrected chi connectivity index (χ1v) is 10.9. The van der Waals surface area contributed by atoms with E-state index in [2.05, 4.69) is 6.92 Å². The van der Waals surface area contributed by atoms with E-state index in [0.29, 0.717) is 35.8 Å². The first-order chi connectivity index (χ1) is 15.5. The van der Waals surface area contributed by atoms with Crippen molar-refractivity contribution >= 4 is 11.9 Å². The number of esters is 1. The molecule has 0 radical (unpaired) electrons. The molecule has 7 heteroatoms. The number of carbonyl (C=O) groups is 2. The normalized spacial score (nSPS) is 15.0. The number of hydrogen-bond donors (Lipinski definition) is 0. The molecule has 0 N–H and O–H groups in total. The van der Waals surface area contributed by atoms with Crippen molar-refractivity contribution in [1.82, 2.24) is 4.90 Å². The fraction of sp³-hybridized carbons (Fsp3) is 0.440. The van der Waals surface area contributed by atoms with E-state index in [1.165, 1.54) is 7.11 Å². The van der Waals surface area contributed by atoms with Crippen molar-refractivity contribution in [3.05, 3.63) is 53.1 Å². The average Bonchev–Trinajstić information content (AvgIpc) is 2.84. The molecule has 172 valence electrons. The second-order valence-electron chi connectivity index (χ2n) is 7.69. The number of nitrogens with zero attached hydrogens (tertiary/aromatic N) is 1. The molecule has 0 saturated carbocycles. The Morgan fingerprint density at radius 3 is 2.34 bits per heavy atom. The van der Waals surface area contributed by atoms with Crippen LogP contribution < -0.4 is 14.2 Å². The van der Waals surface area contributed by atoms with Crippen LogP contribution in [0, 0.1) is 0 Å². The number of carbonyl (C=O) groups excluding carboxylic acids is 2. The lowest BCUT2D eigenvalue weighted by Gasteiger charge is -2.37. The zero-order valence-electron chi connectivity index (χ0n) is 19.2. The molecule has 1 atom stereocenters. The highest BCUT2D eigenvalue weighted by molar-refractivity contribution is 5.89. The van der Waals surface area contributed by atoms with Crippen molar-refractivity contribution < 1.29 is 28.5 Å². The summed E-state index contributed by atoms with van der Waals surface area (Å²) in [4.78, 5) is 26.5. The molecule has 2 aromatic rings. The molecule has 0 saturated heterocycles. The minimum absolute atomic E-state index is 0.127. The number of methoxy groups -OCH3 is 3. The topological polar surface area (TPSA) is 74.3 Å². The zero-order valence-corrected chi connectivity index (χ0v) is 19.2. The Kier molecular flexibility index (Phi) is 7.98. The largest absolute Gasteiger partial charge is 0.493 e. The molecule has 3 rings (SSSR count). The summed E-state index contributed by atoms with van der Waals surface area (Å²) in [5.41, 5.74) is 2.58. The van der Waals surface area contributed by atoms with Crippen LogP contribution in [0.1, 0.15) is 53.7 Å². The Balaban J connectivity index is 1.87. The van der Waals surface area contributed by atoms with Crippen LogP contribution >= 0.6 is 0 Å². The van der Waals surface area contributed by atoms with Crippen molar-refractivity contribution in [2.24, 2.45) is 0 Å². The zero-order chi connectivity index (χ0) is 23.1. The summed E-state index contributed by atoms with van der Waals surface area (Å²) >= 11 is 0. The van der Waals surface area contributed by atoms with Gasteiger partial charge in [-0.2, -0.15) is 0 Å². The summed E-state index contributed by atoms with van der Waals surface area (Å²) in [7, 11) is 4.57. The molecule has 0 fully saturated rings. The highest BCUT2D eigenvalue weighted by Crippen LogP contribution is 2.38. The first-order valence-electron chi connectivity index (χ1n) is 10.9. The van der Waals surface area contributed by atoms with Crippen LogP contribution in [0.5, 0.6) is 17.2 Å². The van der Waals surface area contributed by atoms with Gasteiger partial charge in [-0.3, -0.25) is 4.79 Å². The molecule has 0 spiro atoms. The second-order valence-corrected chi connectivity index (χ2v) is 7.69. The van der Waals surface area contributed by atoms with Gasteiger partial charge in [-0.1, -0.05) is 13.3 Å². The number of amides is 1. The predicted octanol–water partition coefficient (Wildman–Crippen LogP) is 4.19. The third kappa shape index (κ3) is 5.15. The number of unbranched alkanes of at least 4 members (excludes halogenated alkanes) is 1. The van der Waals surface area contributed by atoms with Crippen LogP contribution in [0.2, 0.25) is 0 Å².